The molecule has 0 spiro atoms. The topological polar surface area (TPSA) is 29.9 Å². The second-order valence-electron chi connectivity index (χ2n) is 5.88. The first-order chi connectivity index (χ1) is 11.7. The number of hydrogen-bond donors (Lipinski definition) is 0. The average molecular weight is 399 g/mol. The van der Waals surface area contributed by atoms with E-state index < -0.39 is 0 Å². The summed E-state index contributed by atoms with van der Waals surface area (Å²) >= 11 is 0. The van der Waals surface area contributed by atoms with E-state index in [2.05, 4.69) is 4.98 Å². The molecule has 4 aromatic rings. The molecule has 25 heavy (non-hydrogen) atoms. The Morgan fingerprint density at radius 3 is 2.68 bits per heavy atom. The fourth-order valence-corrected chi connectivity index (χ4v) is 2.71. The smallest absolute Gasteiger partial charge is 0.233 e. The third-order valence-electron chi connectivity index (χ3n) is 3.93. The van der Waals surface area contributed by atoms with Crippen molar-refractivity contribution in [2.45, 2.75) is 13.5 Å². The van der Waals surface area contributed by atoms with Crippen LogP contribution < -0.4 is 21.5 Å². The fraction of sp³-hybridized carbons (Fsp3) is 0.100. The number of benzene rings is 2. The van der Waals surface area contributed by atoms with Gasteiger partial charge in [0.1, 0.15) is 16.9 Å². The zero-order chi connectivity index (χ0) is 16.5. The summed E-state index contributed by atoms with van der Waals surface area (Å²) in [4.78, 5) is 4.57. The Kier molecular flexibility index (Phi) is 4.95. The van der Waals surface area contributed by atoms with Crippen molar-refractivity contribution < 1.29 is 30.4 Å². The Bertz CT molecular complexity index is 1010. The monoisotopic (exact) mass is 398 g/mol. The molecule has 126 valence electrons. The fourth-order valence-electron chi connectivity index (χ4n) is 2.71. The molecule has 0 aliphatic heterocycles. The van der Waals surface area contributed by atoms with Crippen LogP contribution >= 0.6 is 0 Å². The van der Waals surface area contributed by atoms with E-state index in [9.17, 15) is 4.39 Å². The number of aryl methyl sites for hydroxylation is 1. The first-order valence-electron chi connectivity index (χ1n) is 7.78. The zero-order valence-corrected chi connectivity index (χ0v) is 15.2. The van der Waals surface area contributed by atoms with Crippen molar-refractivity contribution in [2.75, 3.05) is 0 Å². The van der Waals surface area contributed by atoms with Crippen LogP contribution in [0.4, 0.5) is 4.39 Å². The number of rotatable bonds is 3. The largest absolute Gasteiger partial charge is 1.00 e. The second-order valence-corrected chi connectivity index (χ2v) is 5.88. The highest BCUT2D eigenvalue weighted by Gasteiger charge is 2.12. The highest BCUT2D eigenvalue weighted by molar-refractivity contribution is 5.76. The molecule has 0 unspecified atom stereocenters. The normalized spacial score (nSPS) is 10.6. The van der Waals surface area contributed by atoms with Crippen molar-refractivity contribution >= 4 is 11.1 Å². The van der Waals surface area contributed by atoms with E-state index >= 15 is 0 Å². The van der Waals surface area contributed by atoms with Gasteiger partial charge in [0.25, 0.3) is 0 Å². The molecule has 0 saturated carbocycles. The number of halogens is 2. The number of aromatic nitrogens is 2. The molecule has 5 heteroatoms. The van der Waals surface area contributed by atoms with Gasteiger partial charge in [0.15, 0.2) is 24.5 Å². The Morgan fingerprint density at radius 1 is 1.08 bits per heavy atom. The number of oxazole rings is 1. The van der Waals surface area contributed by atoms with Gasteiger partial charge in [-0.15, -0.1) is 0 Å². The summed E-state index contributed by atoms with van der Waals surface area (Å²) in [5.41, 5.74) is 4.74. The van der Waals surface area contributed by atoms with Crippen molar-refractivity contribution in [1.29, 1.82) is 0 Å². The van der Waals surface area contributed by atoms with Crippen LogP contribution in [0.3, 0.4) is 0 Å². The summed E-state index contributed by atoms with van der Waals surface area (Å²) in [5.74, 6) is 0.378. The molecule has 2 aromatic heterocycles. The minimum atomic E-state index is -0.223. The SMILES string of the molecule is Cc1ccc2oc(-c3ccc[n+](Cc4ccc(F)cc4)c3)nc2c1.[Br-]. The van der Waals surface area contributed by atoms with E-state index in [1.165, 1.54) is 12.1 Å². The van der Waals surface area contributed by atoms with E-state index in [4.69, 9.17) is 4.42 Å². The molecule has 2 heterocycles. The molecule has 4 rings (SSSR count). The van der Waals surface area contributed by atoms with Crippen molar-refractivity contribution in [2.24, 2.45) is 0 Å². The van der Waals surface area contributed by atoms with Crippen LogP contribution in [0.25, 0.3) is 22.6 Å². The molecule has 0 bridgehead atoms. The van der Waals surface area contributed by atoms with Crippen molar-refractivity contribution in [1.82, 2.24) is 4.98 Å². The third-order valence-corrected chi connectivity index (χ3v) is 3.93. The lowest BCUT2D eigenvalue weighted by Crippen LogP contribution is -3.00. The third kappa shape index (κ3) is 3.77. The molecule has 0 amide bonds. The van der Waals surface area contributed by atoms with Gasteiger partial charge in [-0.05, 0) is 55.0 Å². The van der Waals surface area contributed by atoms with Crippen molar-refractivity contribution in [3.8, 4) is 11.5 Å². The van der Waals surface area contributed by atoms with Crippen LogP contribution in [0.1, 0.15) is 11.1 Å². The number of pyridine rings is 1. The van der Waals surface area contributed by atoms with Gasteiger partial charge >= 0.3 is 0 Å². The highest BCUT2D eigenvalue weighted by Crippen LogP contribution is 2.23. The summed E-state index contributed by atoms with van der Waals surface area (Å²) in [5, 5.41) is 0. The Labute approximate surface area is 155 Å². The van der Waals surface area contributed by atoms with Gasteiger partial charge in [-0.3, -0.25) is 0 Å². The molecule has 0 N–H and O–H groups in total. The van der Waals surface area contributed by atoms with Crippen LogP contribution in [0, 0.1) is 12.7 Å². The molecular weight excluding hydrogens is 383 g/mol. The maximum atomic E-state index is 13.0. The molecular formula is C20H16BrFN2O. The summed E-state index contributed by atoms with van der Waals surface area (Å²) in [6.07, 6.45) is 3.96. The standard InChI is InChI=1S/C20H16FN2O.BrH/c1-14-4-9-19-18(11-14)22-20(24-19)16-3-2-10-23(13-16)12-15-5-7-17(21)8-6-15;/h2-11,13H,12H2,1H3;1H/q+1;/p-1. The van der Waals surface area contributed by atoms with Crippen LogP contribution in [0.15, 0.2) is 71.4 Å². The van der Waals surface area contributed by atoms with Gasteiger partial charge in [0.2, 0.25) is 5.89 Å². The van der Waals surface area contributed by atoms with E-state index in [0.717, 1.165) is 27.8 Å². The minimum absolute atomic E-state index is 0. The highest BCUT2D eigenvalue weighted by atomic mass is 79.9. The molecule has 0 radical (unpaired) electrons. The lowest BCUT2D eigenvalue weighted by Gasteiger charge is -1.99. The zero-order valence-electron chi connectivity index (χ0n) is 13.6. The summed E-state index contributed by atoms with van der Waals surface area (Å²) in [6.45, 7) is 2.69. The summed E-state index contributed by atoms with van der Waals surface area (Å²) in [6, 6.07) is 16.4. The lowest BCUT2D eigenvalue weighted by molar-refractivity contribution is -0.687. The summed E-state index contributed by atoms with van der Waals surface area (Å²) < 4.78 is 20.9. The number of nitrogens with zero attached hydrogens (tertiary/aromatic N) is 2. The predicted octanol–water partition coefficient (Wildman–Crippen LogP) is 1.28. The average Bonchev–Trinajstić information content (AvgIpc) is 3.00. The first-order valence-corrected chi connectivity index (χ1v) is 7.78. The first kappa shape index (κ1) is 17.3. The van der Waals surface area contributed by atoms with Crippen molar-refractivity contribution in [3.05, 3.63) is 83.9 Å². The van der Waals surface area contributed by atoms with Gasteiger partial charge < -0.3 is 21.4 Å². The van der Waals surface area contributed by atoms with Gasteiger partial charge in [-0.25, -0.2) is 9.37 Å². The van der Waals surface area contributed by atoms with Gasteiger partial charge in [0, 0.05) is 11.6 Å². The Balaban J connectivity index is 0.00000182. The van der Waals surface area contributed by atoms with Gasteiger partial charge in [0.05, 0.1) is 0 Å². The number of hydrogen-bond acceptors (Lipinski definition) is 2. The van der Waals surface area contributed by atoms with Crippen molar-refractivity contribution in [3.63, 3.8) is 0 Å². The van der Waals surface area contributed by atoms with Gasteiger partial charge in [-0.2, -0.15) is 4.57 Å². The summed E-state index contributed by atoms with van der Waals surface area (Å²) in [7, 11) is 0. The molecule has 2 aromatic carbocycles. The van der Waals surface area contributed by atoms with Crippen LogP contribution in [0.2, 0.25) is 0 Å². The minimum Gasteiger partial charge on any atom is -1.00 e. The maximum Gasteiger partial charge on any atom is 0.233 e. The molecule has 0 fully saturated rings. The molecule has 3 nitrogen and oxygen atoms in total. The quantitative estimate of drug-likeness (QED) is 0.486. The lowest BCUT2D eigenvalue weighted by atomic mass is 10.2. The second kappa shape index (κ2) is 7.15. The van der Waals surface area contributed by atoms with E-state index in [-0.39, 0.29) is 22.8 Å². The van der Waals surface area contributed by atoms with Crippen LogP contribution in [-0.2, 0) is 6.54 Å². The Hall–Kier alpha value is -2.53. The van der Waals surface area contributed by atoms with Crippen LogP contribution in [-0.4, -0.2) is 4.98 Å². The molecule has 0 saturated heterocycles. The van der Waals surface area contributed by atoms with Crippen LogP contribution in [0.5, 0.6) is 0 Å². The maximum absolute atomic E-state index is 13.0. The van der Waals surface area contributed by atoms with Gasteiger partial charge in [-0.1, -0.05) is 6.07 Å². The van der Waals surface area contributed by atoms with E-state index in [0.29, 0.717) is 12.4 Å². The van der Waals surface area contributed by atoms with E-state index in [1.54, 1.807) is 12.1 Å². The number of fused-ring (bicyclic) bond motifs is 1. The molecule has 0 aliphatic rings. The Morgan fingerprint density at radius 2 is 1.88 bits per heavy atom. The van der Waals surface area contributed by atoms with E-state index in [1.807, 2.05) is 54.2 Å². The molecule has 0 atom stereocenters. The predicted molar refractivity (Wildman–Crippen MR) is 89.9 cm³/mol. The molecule has 0 aliphatic carbocycles.